The van der Waals surface area contributed by atoms with Crippen molar-refractivity contribution in [2.75, 3.05) is 13.1 Å². The first-order valence-corrected chi connectivity index (χ1v) is 6.92. The molecular weight excluding hydrogens is 210 g/mol. The molecule has 0 amide bonds. The lowest BCUT2D eigenvalue weighted by molar-refractivity contribution is 0.391. The van der Waals surface area contributed by atoms with Crippen LogP contribution in [0, 0.1) is 11.3 Å². The van der Waals surface area contributed by atoms with E-state index in [2.05, 4.69) is 32.2 Å². The van der Waals surface area contributed by atoms with Gasteiger partial charge < -0.3 is 9.73 Å². The molecule has 0 saturated heterocycles. The van der Waals surface area contributed by atoms with Gasteiger partial charge in [-0.05, 0) is 43.3 Å². The average molecular weight is 233 g/mol. The van der Waals surface area contributed by atoms with Crippen molar-refractivity contribution in [2.24, 2.45) is 11.3 Å². The number of nitrogens with one attached hydrogen (secondary N) is 1. The molecule has 1 aromatic heterocycles. The summed E-state index contributed by atoms with van der Waals surface area (Å²) in [7, 11) is 0. The molecule has 1 N–H and O–H groups in total. The summed E-state index contributed by atoms with van der Waals surface area (Å²) in [6.45, 7) is 9.26. The molecule has 17 heavy (non-hydrogen) atoms. The Morgan fingerprint density at radius 2 is 2.29 bits per heavy atom. The van der Waals surface area contributed by atoms with E-state index < -0.39 is 0 Å². The van der Waals surface area contributed by atoms with Crippen LogP contribution in [0.2, 0.25) is 0 Å². The second-order valence-corrected chi connectivity index (χ2v) is 6.16. The fourth-order valence-electron chi connectivity index (χ4n) is 4.31. The Morgan fingerprint density at radius 1 is 1.47 bits per heavy atom. The largest absolute Gasteiger partial charge is 0.469 e. The number of fused-ring (bicyclic) bond motifs is 2. The van der Waals surface area contributed by atoms with Gasteiger partial charge in [0.25, 0.3) is 0 Å². The lowest BCUT2D eigenvalue weighted by Gasteiger charge is -2.25. The van der Waals surface area contributed by atoms with Crippen LogP contribution in [0.4, 0.5) is 0 Å². The minimum Gasteiger partial charge on any atom is -0.469 e. The summed E-state index contributed by atoms with van der Waals surface area (Å²) in [5, 5.41) is 3.53. The third-order valence-corrected chi connectivity index (χ3v) is 5.33. The van der Waals surface area contributed by atoms with Crippen molar-refractivity contribution in [2.45, 2.75) is 45.4 Å². The van der Waals surface area contributed by atoms with Crippen molar-refractivity contribution in [3.8, 4) is 0 Å². The highest BCUT2D eigenvalue weighted by atomic mass is 16.3. The van der Waals surface area contributed by atoms with Crippen molar-refractivity contribution < 1.29 is 4.42 Å². The average Bonchev–Trinajstić information content (AvgIpc) is 2.71. The van der Waals surface area contributed by atoms with Crippen LogP contribution in [0.3, 0.4) is 0 Å². The molecule has 3 rings (SSSR count). The predicted octanol–water partition coefficient (Wildman–Crippen LogP) is 3.12. The Morgan fingerprint density at radius 3 is 3.06 bits per heavy atom. The van der Waals surface area contributed by atoms with Gasteiger partial charge in [0.1, 0.15) is 5.76 Å². The minimum atomic E-state index is 0.399. The Hall–Kier alpha value is -0.760. The summed E-state index contributed by atoms with van der Waals surface area (Å²) in [4.78, 5) is 0. The monoisotopic (exact) mass is 233 g/mol. The maximum absolute atomic E-state index is 5.66. The zero-order valence-electron chi connectivity index (χ0n) is 11.2. The molecule has 0 bridgehead atoms. The Bertz CT molecular complexity index is 420. The highest BCUT2D eigenvalue weighted by molar-refractivity contribution is 5.44. The van der Waals surface area contributed by atoms with Crippen molar-refractivity contribution >= 4 is 0 Å². The van der Waals surface area contributed by atoms with Gasteiger partial charge in [0.15, 0.2) is 0 Å². The number of rotatable bonds is 3. The van der Waals surface area contributed by atoms with Gasteiger partial charge in [0, 0.05) is 17.4 Å². The molecule has 2 aliphatic rings. The zero-order chi connectivity index (χ0) is 12.1. The molecule has 1 saturated carbocycles. The van der Waals surface area contributed by atoms with Gasteiger partial charge in [-0.3, -0.25) is 0 Å². The highest BCUT2D eigenvalue weighted by Crippen LogP contribution is 2.73. The summed E-state index contributed by atoms with van der Waals surface area (Å²) in [5.41, 5.74) is 2.33. The lowest BCUT2D eigenvalue weighted by atomic mass is 9.78. The molecule has 2 atom stereocenters. The molecule has 1 fully saturated rings. The van der Waals surface area contributed by atoms with E-state index >= 15 is 0 Å². The topological polar surface area (TPSA) is 25.2 Å². The maximum atomic E-state index is 5.66. The van der Waals surface area contributed by atoms with Crippen molar-refractivity contribution in [3.63, 3.8) is 0 Å². The molecule has 2 unspecified atom stereocenters. The number of hydrogen-bond acceptors (Lipinski definition) is 2. The second kappa shape index (κ2) is 3.61. The van der Waals surface area contributed by atoms with Crippen LogP contribution < -0.4 is 5.32 Å². The van der Waals surface area contributed by atoms with E-state index in [1.807, 2.05) is 6.26 Å². The molecule has 0 aromatic carbocycles. The van der Waals surface area contributed by atoms with Crippen LogP contribution in [0.5, 0.6) is 0 Å². The molecular formula is C15H23NO. The van der Waals surface area contributed by atoms with Crippen LogP contribution in [0.15, 0.2) is 16.7 Å². The maximum Gasteiger partial charge on any atom is 0.107 e. The van der Waals surface area contributed by atoms with E-state index in [-0.39, 0.29) is 0 Å². The first-order valence-electron chi connectivity index (χ1n) is 6.92. The molecule has 1 heterocycles. The van der Waals surface area contributed by atoms with Crippen molar-refractivity contribution in [1.29, 1.82) is 0 Å². The first-order chi connectivity index (χ1) is 8.14. The first kappa shape index (κ1) is 11.3. The van der Waals surface area contributed by atoms with Gasteiger partial charge in [-0.15, -0.1) is 0 Å². The number of furan rings is 1. The highest BCUT2D eigenvalue weighted by Gasteiger charge is 2.71. The SMILES string of the molecule is CCNCC1C(C)(C)C12CCCc1occc12. The van der Waals surface area contributed by atoms with E-state index in [9.17, 15) is 0 Å². The standard InChI is InChI=1S/C15H23NO/c1-4-16-10-13-14(2,3)15(13)8-5-6-12-11(15)7-9-17-12/h7,9,13,16H,4-6,8,10H2,1-3H3. The fourth-order valence-corrected chi connectivity index (χ4v) is 4.31. The summed E-state index contributed by atoms with van der Waals surface area (Å²) in [6.07, 6.45) is 5.64. The predicted molar refractivity (Wildman–Crippen MR) is 69.1 cm³/mol. The molecule has 2 heteroatoms. The minimum absolute atomic E-state index is 0.399. The van der Waals surface area contributed by atoms with Crippen LogP contribution >= 0.6 is 0 Å². The van der Waals surface area contributed by atoms with Crippen LogP contribution in [0.25, 0.3) is 0 Å². The fraction of sp³-hybridized carbons (Fsp3) is 0.733. The Balaban J connectivity index is 1.94. The quantitative estimate of drug-likeness (QED) is 0.867. The van der Waals surface area contributed by atoms with Crippen molar-refractivity contribution in [1.82, 2.24) is 5.32 Å². The number of hydrogen-bond donors (Lipinski definition) is 1. The molecule has 2 aliphatic carbocycles. The molecule has 0 radical (unpaired) electrons. The van der Waals surface area contributed by atoms with E-state index in [1.165, 1.54) is 24.2 Å². The summed E-state index contributed by atoms with van der Waals surface area (Å²) in [5.74, 6) is 2.02. The van der Waals surface area contributed by atoms with E-state index in [1.54, 1.807) is 0 Å². The van der Waals surface area contributed by atoms with E-state index in [4.69, 9.17) is 4.42 Å². The van der Waals surface area contributed by atoms with Gasteiger partial charge in [-0.25, -0.2) is 0 Å². The van der Waals surface area contributed by atoms with Gasteiger partial charge in [0.2, 0.25) is 0 Å². The van der Waals surface area contributed by atoms with Gasteiger partial charge >= 0.3 is 0 Å². The Kier molecular flexibility index (Phi) is 2.41. The van der Waals surface area contributed by atoms with Crippen LogP contribution in [0.1, 0.15) is 44.9 Å². The molecule has 2 nitrogen and oxygen atoms in total. The van der Waals surface area contributed by atoms with E-state index in [0.717, 1.165) is 25.4 Å². The molecule has 0 aliphatic heterocycles. The third kappa shape index (κ3) is 1.31. The summed E-state index contributed by atoms with van der Waals surface area (Å²) >= 11 is 0. The lowest BCUT2D eigenvalue weighted by Crippen LogP contribution is -2.24. The third-order valence-electron chi connectivity index (χ3n) is 5.33. The van der Waals surface area contributed by atoms with E-state index in [0.29, 0.717) is 10.8 Å². The Labute approximate surface area is 104 Å². The van der Waals surface area contributed by atoms with Crippen LogP contribution in [-0.4, -0.2) is 13.1 Å². The van der Waals surface area contributed by atoms with Gasteiger partial charge in [-0.1, -0.05) is 20.8 Å². The number of aryl methyl sites for hydroxylation is 1. The summed E-state index contributed by atoms with van der Waals surface area (Å²) in [6, 6.07) is 2.22. The van der Waals surface area contributed by atoms with Crippen LogP contribution in [-0.2, 0) is 11.8 Å². The smallest absolute Gasteiger partial charge is 0.107 e. The molecule has 94 valence electrons. The normalized spacial score (nSPS) is 33.7. The summed E-state index contributed by atoms with van der Waals surface area (Å²) < 4.78 is 5.66. The molecule has 1 spiro atoms. The van der Waals surface area contributed by atoms with Gasteiger partial charge in [0.05, 0.1) is 6.26 Å². The van der Waals surface area contributed by atoms with Gasteiger partial charge in [-0.2, -0.15) is 0 Å². The zero-order valence-corrected chi connectivity index (χ0v) is 11.2. The second-order valence-electron chi connectivity index (χ2n) is 6.16. The van der Waals surface area contributed by atoms with Crippen molar-refractivity contribution in [3.05, 3.63) is 23.7 Å². The molecule has 1 aromatic rings.